The summed E-state index contributed by atoms with van der Waals surface area (Å²) in [6, 6.07) is 9.04. The van der Waals surface area contributed by atoms with Gasteiger partial charge in [-0.1, -0.05) is 41.1 Å². The van der Waals surface area contributed by atoms with Gasteiger partial charge in [0.1, 0.15) is 0 Å². The van der Waals surface area contributed by atoms with Crippen molar-refractivity contribution in [2.45, 2.75) is 25.4 Å². The first-order valence-electron chi connectivity index (χ1n) is 5.48. The fraction of sp³-hybridized carbons (Fsp3) is 0.500. The predicted octanol–water partition coefficient (Wildman–Crippen LogP) is 2.54. The lowest BCUT2D eigenvalue weighted by molar-refractivity contribution is 0.260. The normalized spacial score (nSPS) is 27.1. The molecule has 2 nitrogen and oxygen atoms in total. The molecule has 0 saturated carbocycles. The molecule has 1 aliphatic heterocycles. The minimum atomic E-state index is 0.267. The average molecular weight is 269 g/mol. The minimum absolute atomic E-state index is 0.267. The van der Waals surface area contributed by atoms with Crippen LogP contribution in [0.4, 0.5) is 0 Å². The predicted molar refractivity (Wildman–Crippen MR) is 66.7 cm³/mol. The van der Waals surface area contributed by atoms with Crippen LogP contribution in [0.3, 0.4) is 0 Å². The van der Waals surface area contributed by atoms with Crippen LogP contribution in [0.25, 0.3) is 0 Å². The van der Waals surface area contributed by atoms with Gasteiger partial charge in [-0.05, 0) is 24.6 Å². The molecule has 0 spiro atoms. The second kappa shape index (κ2) is 4.64. The molecule has 82 valence electrons. The number of hydrogen-bond donors (Lipinski definition) is 1. The second-order valence-electron chi connectivity index (χ2n) is 4.05. The topological polar surface area (TPSA) is 29.3 Å². The smallest absolute Gasteiger partial charge is 0.0510 e. The van der Waals surface area contributed by atoms with E-state index in [2.05, 4.69) is 46.0 Å². The second-order valence-corrected chi connectivity index (χ2v) is 4.90. The number of likely N-dealkylation sites (tertiary alicyclic amines) is 1. The summed E-state index contributed by atoms with van der Waals surface area (Å²) < 4.78 is 1.17. The van der Waals surface area contributed by atoms with Gasteiger partial charge in [0.25, 0.3) is 0 Å². The largest absolute Gasteiger partial charge is 0.326 e. The zero-order valence-corrected chi connectivity index (χ0v) is 10.6. The summed E-state index contributed by atoms with van der Waals surface area (Å²) in [4.78, 5) is 2.45. The molecule has 1 aliphatic rings. The minimum Gasteiger partial charge on any atom is -0.326 e. The third kappa shape index (κ3) is 2.10. The molecule has 2 atom stereocenters. The van der Waals surface area contributed by atoms with Crippen LogP contribution >= 0.6 is 15.9 Å². The fourth-order valence-corrected chi connectivity index (χ4v) is 2.90. The van der Waals surface area contributed by atoms with E-state index in [-0.39, 0.29) is 6.04 Å². The Bertz CT molecular complexity index is 340. The summed E-state index contributed by atoms with van der Waals surface area (Å²) in [6.45, 7) is 4.38. The van der Waals surface area contributed by atoms with E-state index in [0.29, 0.717) is 6.04 Å². The first kappa shape index (κ1) is 11.1. The third-order valence-corrected chi connectivity index (χ3v) is 3.90. The van der Waals surface area contributed by atoms with E-state index in [0.717, 1.165) is 19.5 Å². The van der Waals surface area contributed by atoms with Crippen molar-refractivity contribution in [1.29, 1.82) is 0 Å². The molecule has 2 rings (SSSR count). The Hall–Kier alpha value is -0.380. The molecule has 3 heteroatoms. The number of rotatable bonds is 2. The van der Waals surface area contributed by atoms with Crippen molar-refractivity contribution in [3.63, 3.8) is 0 Å². The molecule has 0 amide bonds. The van der Waals surface area contributed by atoms with E-state index in [1.54, 1.807) is 0 Å². The molecule has 0 radical (unpaired) electrons. The highest BCUT2D eigenvalue weighted by atomic mass is 79.9. The molecule has 2 N–H and O–H groups in total. The Morgan fingerprint density at radius 3 is 2.87 bits per heavy atom. The maximum atomic E-state index is 6.18. The Balaban J connectivity index is 2.32. The maximum absolute atomic E-state index is 6.18. The summed E-state index contributed by atoms with van der Waals surface area (Å²) in [5, 5.41) is 0. The van der Waals surface area contributed by atoms with E-state index >= 15 is 0 Å². The number of halogens is 1. The van der Waals surface area contributed by atoms with Crippen LogP contribution in [0.2, 0.25) is 0 Å². The van der Waals surface area contributed by atoms with Gasteiger partial charge in [-0.15, -0.1) is 0 Å². The summed E-state index contributed by atoms with van der Waals surface area (Å²) in [6.07, 6.45) is 1.10. The molecule has 0 bridgehead atoms. The van der Waals surface area contributed by atoms with Crippen molar-refractivity contribution < 1.29 is 0 Å². The Morgan fingerprint density at radius 1 is 1.47 bits per heavy atom. The highest BCUT2D eigenvalue weighted by Gasteiger charge is 2.32. The SMILES string of the molecule is CCN1CCC(N)C1c1ccccc1Br. The lowest BCUT2D eigenvalue weighted by Gasteiger charge is -2.26. The highest BCUT2D eigenvalue weighted by molar-refractivity contribution is 9.10. The standard InChI is InChI=1S/C12H17BrN2/c1-2-15-8-7-11(14)12(15)9-5-3-4-6-10(9)13/h3-6,11-12H,2,7-8,14H2,1H3. The van der Waals surface area contributed by atoms with Crippen molar-refractivity contribution in [3.05, 3.63) is 34.3 Å². The lowest BCUT2D eigenvalue weighted by Crippen LogP contribution is -2.31. The van der Waals surface area contributed by atoms with Gasteiger partial charge in [0.15, 0.2) is 0 Å². The van der Waals surface area contributed by atoms with Crippen LogP contribution in [0.15, 0.2) is 28.7 Å². The molecule has 1 aromatic carbocycles. The molecule has 0 aromatic heterocycles. The molecule has 1 fully saturated rings. The summed E-state index contributed by atoms with van der Waals surface area (Å²) >= 11 is 3.61. The summed E-state index contributed by atoms with van der Waals surface area (Å²) in [5.74, 6) is 0. The first-order chi connectivity index (χ1) is 7.24. The number of benzene rings is 1. The molecular weight excluding hydrogens is 252 g/mol. The lowest BCUT2D eigenvalue weighted by atomic mass is 10.0. The number of nitrogens with zero attached hydrogens (tertiary/aromatic N) is 1. The van der Waals surface area contributed by atoms with Crippen molar-refractivity contribution in [1.82, 2.24) is 4.90 Å². The van der Waals surface area contributed by atoms with Crippen molar-refractivity contribution in [2.75, 3.05) is 13.1 Å². The average Bonchev–Trinajstić information content (AvgIpc) is 2.60. The van der Waals surface area contributed by atoms with Crippen LogP contribution in [-0.4, -0.2) is 24.0 Å². The van der Waals surface area contributed by atoms with Gasteiger partial charge in [0.05, 0.1) is 6.04 Å². The van der Waals surface area contributed by atoms with E-state index in [4.69, 9.17) is 5.73 Å². The Labute approximate surface area is 99.6 Å². The van der Waals surface area contributed by atoms with Gasteiger partial charge in [-0.25, -0.2) is 0 Å². The van der Waals surface area contributed by atoms with Gasteiger partial charge < -0.3 is 5.73 Å². The van der Waals surface area contributed by atoms with Crippen LogP contribution in [0, 0.1) is 0 Å². The Morgan fingerprint density at radius 2 is 2.20 bits per heavy atom. The van der Waals surface area contributed by atoms with Gasteiger partial charge in [0.2, 0.25) is 0 Å². The molecule has 1 saturated heterocycles. The quantitative estimate of drug-likeness (QED) is 0.894. The Kier molecular flexibility index (Phi) is 3.44. The zero-order chi connectivity index (χ0) is 10.8. The van der Waals surface area contributed by atoms with E-state index in [1.165, 1.54) is 10.0 Å². The van der Waals surface area contributed by atoms with Crippen molar-refractivity contribution >= 4 is 15.9 Å². The van der Waals surface area contributed by atoms with Gasteiger partial charge in [-0.2, -0.15) is 0 Å². The number of likely N-dealkylation sites (N-methyl/N-ethyl adjacent to an activating group) is 1. The molecule has 1 aromatic rings. The monoisotopic (exact) mass is 268 g/mol. The van der Waals surface area contributed by atoms with Crippen LogP contribution in [0.5, 0.6) is 0 Å². The molecule has 1 heterocycles. The molecule has 2 unspecified atom stereocenters. The summed E-state index contributed by atoms with van der Waals surface area (Å²) in [5.41, 5.74) is 7.51. The van der Waals surface area contributed by atoms with Crippen LogP contribution in [-0.2, 0) is 0 Å². The van der Waals surface area contributed by atoms with Crippen LogP contribution in [0.1, 0.15) is 24.9 Å². The first-order valence-corrected chi connectivity index (χ1v) is 6.27. The molecule has 0 aliphatic carbocycles. The van der Waals surface area contributed by atoms with Crippen LogP contribution < -0.4 is 5.73 Å². The summed E-state index contributed by atoms with van der Waals surface area (Å²) in [7, 11) is 0. The molecular formula is C12H17BrN2. The molecule has 15 heavy (non-hydrogen) atoms. The van der Waals surface area contributed by atoms with Crippen molar-refractivity contribution in [2.24, 2.45) is 5.73 Å². The van der Waals surface area contributed by atoms with Gasteiger partial charge in [0, 0.05) is 17.1 Å². The third-order valence-electron chi connectivity index (χ3n) is 3.18. The van der Waals surface area contributed by atoms with Crippen molar-refractivity contribution in [3.8, 4) is 0 Å². The van der Waals surface area contributed by atoms with Gasteiger partial charge in [-0.3, -0.25) is 4.90 Å². The van der Waals surface area contributed by atoms with Gasteiger partial charge >= 0.3 is 0 Å². The zero-order valence-electron chi connectivity index (χ0n) is 8.99. The highest BCUT2D eigenvalue weighted by Crippen LogP contribution is 2.34. The maximum Gasteiger partial charge on any atom is 0.0510 e. The van der Waals surface area contributed by atoms with E-state index < -0.39 is 0 Å². The van der Waals surface area contributed by atoms with E-state index in [1.807, 2.05) is 6.07 Å². The van der Waals surface area contributed by atoms with E-state index in [9.17, 15) is 0 Å². The number of nitrogens with two attached hydrogens (primary N) is 1. The fourth-order valence-electron chi connectivity index (χ4n) is 2.38. The number of hydrogen-bond acceptors (Lipinski definition) is 2.